The van der Waals surface area contributed by atoms with Crippen LogP contribution in [0.2, 0.25) is 0 Å². The van der Waals surface area contributed by atoms with Crippen LogP contribution in [0.25, 0.3) is 0 Å². The summed E-state index contributed by atoms with van der Waals surface area (Å²) in [5.74, 6) is -1.58. The Balaban J connectivity index is 1.57. The van der Waals surface area contributed by atoms with E-state index in [1.54, 1.807) is 24.3 Å². The van der Waals surface area contributed by atoms with E-state index in [4.69, 9.17) is 4.74 Å². The predicted octanol–water partition coefficient (Wildman–Crippen LogP) is 2.43. The Morgan fingerprint density at radius 3 is 2.71 bits per heavy atom. The largest absolute Gasteiger partial charge is 0.495 e. The summed E-state index contributed by atoms with van der Waals surface area (Å²) in [4.78, 5) is 44.7. The average Bonchev–Trinajstić information content (AvgIpc) is 3.47. The number of nitrogens with one attached hydrogen (secondary N) is 1. The van der Waals surface area contributed by atoms with Crippen molar-refractivity contribution in [2.24, 2.45) is 11.8 Å². The smallest absolute Gasteiger partial charge is 0.250 e. The number of amides is 3. The Morgan fingerprint density at radius 1 is 1.10 bits per heavy atom. The highest BCUT2D eigenvalue weighted by atomic mass is 16.5. The van der Waals surface area contributed by atoms with Gasteiger partial charge in [0, 0.05) is 17.3 Å². The molecule has 7 nitrogen and oxygen atoms in total. The van der Waals surface area contributed by atoms with Gasteiger partial charge in [-0.2, -0.15) is 0 Å². The molecule has 3 saturated heterocycles. The third-order valence-corrected chi connectivity index (χ3v) is 7.47. The van der Waals surface area contributed by atoms with Gasteiger partial charge in [-0.05, 0) is 44.5 Å². The van der Waals surface area contributed by atoms with E-state index in [0.29, 0.717) is 18.0 Å². The molecule has 1 spiro atoms. The van der Waals surface area contributed by atoms with Crippen LogP contribution < -0.4 is 15.0 Å². The van der Waals surface area contributed by atoms with Crippen LogP contribution in [-0.4, -0.2) is 42.3 Å². The third kappa shape index (κ3) is 2.09. The standard InChI is InChI=1S/C24H23N3O4/c1-13-9-10-15-14(12-13)24(23(30)25-15)20-19(17-7-5-11-26(17)24)21(28)27(22(20)29)16-6-3-4-8-18(16)31-2/h3-4,6,8-10,12,17,19-20H,5,7,11H2,1-2H3,(H,25,30)/t17-,19-,20-,24+/m1/s1. The van der Waals surface area contributed by atoms with Gasteiger partial charge in [-0.25, -0.2) is 4.90 Å². The molecule has 0 aliphatic carbocycles. The van der Waals surface area contributed by atoms with Crippen molar-refractivity contribution in [1.82, 2.24) is 4.90 Å². The van der Waals surface area contributed by atoms with Gasteiger partial charge in [0.1, 0.15) is 11.3 Å². The van der Waals surface area contributed by atoms with Crippen LogP contribution in [0, 0.1) is 18.8 Å². The number of methoxy groups -OCH3 is 1. The van der Waals surface area contributed by atoms with Gasteiger partial charge in [0.05, 0.1) is 24.6 Å². The summed E-state index contributed by atoms with van der Waals surface area (Å²) < 4.78 is 5.44. The summed E-state index contributed by atoms with van der Waals surface area (Å²) in [5.41, 5.74) is 1.87. The first-order chi connectivity index (χ1) is 15.0. The number of fused-ring (bicyclic) bond motifs is 7. The summed E-state index contributed by atoms with van der Waals surface area (Å²) in [5, 5.41) is 3.01. The molecule has 3 fully saturated rings. The Morgan fingerprint density at radius 2 is 1.90 bits per heavy atom. The van der Waals surface area contributed by atoms with Crippen LogP contribution in [0.1, 0.15) is 24.0 Å². The summed E-state index contributed by atoms with van der Waals surface area (Å²) >= 11 is 0. The lowest BCUT2D eigenvalue weighted by Crippen LogP contribution is -2.54. The van der Waals surface area contributed by atoms with E-state index in [0.717, 1.165) is 29.7 Å². The van der Waals surface area contributed by atoms with Crippen molar-refractivity contribution >= 4 is 29.1 Å². The van der Waals surface area contributed by atoms with Crippen LogP contribution in [0.3, 0.4) is 0 Å². The van der Waals surface area contributed by atoms with Crippen molar-refractivity contribution < 1.29 is 19.1 Å². The molecule has 0 saturated carbocycles. The van der Waals surface area contributed by atoms with Gasteiger partial charge in [0.15, 0.2) is 0 Å². The SMILES string of the molecule is COc1ccccc1N1C(=O)[C@@H]2[C@H]3CCCN3[C@]3(C(=O)Nc4ccc(C)cc43)[C@H]2C1=O. The van der Waals surface area contributed by atoms with Crippen molar-refractivity contribution in [1.29, 1.82) is 0 Å². The van der Waals surface area contributed by atoms with Crippen molar-refractivity contribution in [2.45, 2.75) is 31.3 Å². The molecule has 1 N–H and O–H groups in total. The maximum Gasteiger partial charge on any atom is 0.250 e. The Bertz CT molecular complexity index is 1160. The summed E-state index contributed by atoms with van der Waals surface area (Å²) in [7, 11) is 1.52. The van der Waals surface area contributed by atoms with E-state index in [1.165, 1.54) is 12.0 Å². The van der Waals surface area contributed by atoms with E-state index in [2.05, 4.69) is 10.2 Å². The van der Waals surface area contributed by atoms with E-state index >= 15 is 0 Å². The highest BCUT2D eigenvalue weighted by molar-refractivity contribution is 6.26. The zero-order chi connectivity index (χ0) is 21.5. The molecular formula is C24H23N3O4. The second-order valence-electron chi connectivity index (χ2n) is 8.86. The lowest BCUT2D eigenvalue weighted by molar-refractivity contribution is -0.135. The number of carbonyl (C=O) groups is 3. The van der Waals surface area contributed by atoms with Gasteiger partial charge in [0.2, 0.25) is 17.7 Å². The highest BCUT2D eigenvalue weighted by Crippen LogP contribution is 2.61. The lowest BCUT2D eigenvalue weighted by atomic mass is 9.75. The number of ether oxygens (including phenoxy) is 1. The van der Waals surface area contributed by atoms with Crippen LogP contribution in [0.15, 0.2) is 42.5 Å². The number of hydrogen-bond donors (Lipinski definition) is 1. The van der Waals surface area contributed by atoms with E-state index in [-0.39, 0.29) is 23.8 Å². The molecular weight excluding hydrogens is 394 g/mol. The molecule has 0 aromatic heterocycles. The van der Waals surface area contributed by atoms with Crippen LogP contribution in [0.4, 0.5) is 11.4 Å². The van der Waals surface area contributed by atoms with Crippen molar-refractivity contribution in [3.05, 3.63) is 53.6 Å². The lowest BCUT2D eigenvalue weighted by Gasteiger charge is -2.36. The molecule has 4 aliphatic heterocycles. The molecule has 4 heterocycles. The normalized spacial score (nSPS) is 31.2. The van der Waals surface area contributed by atoms with Gasteiger partial charge >= 0.3 is 0 Å². The number of hydrogen-bond acceptors (Lipinski definition) is 5. The number of nitrogens with zero attached hydrogens (tertiary/aromatic N) is 2. The second-order valence-corrected chi connectivity index (χ2v) is 8.86. The van der Waals surface area contributed by atoms with Crippen LogP contribution >= 0.6 is 0 Å². The molecule has 2 aromatic rings. The molecule has 7 heteroatoms. The highest BCUT2D eigenvalue weighted by Gasteiger charge is 2.74. The number of para-hydroxylation sites is 2. The quantitative estimate of drug-likeness (QED) is 0.760. The minimum absolute atomic E-state index is 0.127. The summed E-state index contributed by atoms with van der Waals surface area (Å²) in [6, 6.07) is 12.8. The number of rotatable bonds is 2. The topological polar surface area (TPSA) is 79.0 Å². The Hall–Kier alpha value is -3.19. The molecule has 0 unspecified atom stereocenters. The van der Waals surface area contributed by atoms with Gasteiger partial charge in [-0.1, -0.05) is 29.8 Å². The van der Waals surface area contributed by atoms with Crippen molar-refractivity contribution in [3.8, 4) is 5.75 Å². The predicted molar refractivity (Wildman–Crippen MR) is 114 cm³/mol. The monoisotopic (exact) mass is 417 g/mol. The van der Waals surface area contributed by atoms with Crippen molar-refractivity contribution in [3.63, 3.8) is 0 Å². The molecule has 4 aliphatic rings. The zero-order valence-electron chi connectivity index (χ0n) is 17.4. The number of carbonyl (C=O) groups excluding carboxylic acids is 3. The van der Waals surface area contributed by atoms with Crippen LogP contribution in [-0.2, 0) is 19.9 Å². The number of imide groups is 1. The molecule has 158 valence electrons. The molecule has 0 bridgehead atoms. The Kier molecular flexibility index (Phi) is 3.69. The maximum absolute atomic E-state index is 13.9. The average molecular weight is 417 g/mol. The first-order valence-electron chi connectivity index (χ1n) is 10.7. The van der Waals surface area contributed by atoms with Gasteiger partial charge < -0.3 is 10.1 Å². The van der Waals surface area contributed by atoms with E-state index in [1.807, 2.05) is 25.1 Å². The summed E-state index contributed by atoms with van der Waals surface area (Å²) in [6.07, 6.45) is 1.70. The number of aryl methyl sites for hydroxylation is 1. The molecule has 2 aromatic carbocycles. The van der Waals surface area contributed by atoms with Gasteiger partial charge in [0.25, 0.3) is 0 Å². The molecule has 0 radical (unpaired) electrons. The number of anilines is 2. The molecule has 31 heavy (non-hydrogen) atoms. The zero-order valence-corrected chi connectivity index (χ0v) is 17.4. The second kappa shape index (κ2) is 6.17. The van der Waals surface area contributed by atoms with E-state index in [9.17, 15) is 14.4 Å². The van der Waals surface area contributed by atoms with Gasteiger partial charge in [-0.15, -0.1) is 0 Å². The molecule has 4 atom stereocenters. The third-order valence-electron chi connectivity index (χ3n) is 7.47. The van der Waals surface area contributed by atoms with Gasteiger partial charge in [-0.3, -0.25) is 19.3 Å². The first kappa shape index (κ1) is 18.6. The number of benzene rings is 2. The van der Waals surface area contributed by atoms with Crippen LogP contribution in [0.5, 0.6) is 5.75 Å². The first-order valence-corrected chi connectivity index (χ1v) is 10.7. The fourth-order valence-corrected chi connectivity index (χ4v) is 6.37. The molecule has 3 amide bonds. The maximum atomic E-state index is 13.9. The van der Waals surface area contributed by atoms with Crippen molar-refractivity contribution in [2.75, 3.05) is 23.9 Å². The molecule has 6 rings (SSSR count). The summed E-state index contributed by atoms with van der Waals surface area (Å²) in [6.45, 7) is 2.68. The minimum Gasteiger partial charge on any atom is -0.495 e. The minimum atomic E-state index is -1.14. The van der Waals surface area contributed by atoms with E-state index < -0.39 is 17.4 Å². The fourth-order valence-electron chi connectivity index (χ4n) is 6.37. The Labute approximate surface area is 180 Å². The fraction of sp³-hybridized carbons (Fsp3) is 0.375.